The molecular weight excluding hydrogens is 503 g/mol. The molecule has 0 aromatic carbocycles. The van der Waals surface area contributed by atoms with Crippen LogP contribution in [0.5, 0.6) is 0 Å². The summed E-state index contributed by atoms with van der Waals surface area (Å²) in [6.07, 6.45) is 4.79. The third-order valence-corrected chi connectivity index (χ3v) is 9.46. The van der Waals surface area contributed by atoms with Gasteiger partial charge in [0, 0.05) is 18.5 Å². The normalized spacial score (nSPS) is 39.4. The molecule has 4 heterocycles. The first-order valence-corrected chi connectivity index (χ1v) is 14.4. The summed E-state index contributed by atoms with van der Waals surface area (Å²) in [5.74, 6) is -2.03. The van der Waals surface area contributed by atoms with E-state index >= 15 is 4.39 Å². The SMILES string of the molecule is C[C@H]1CCCC2(C)OC2C[C@@H](C(F)=Cc2ccccn2)NC(=O)C[C@H](O)C2(CCC2)C(=O)[C@H](CC2CO2)[C@@H]1O. The van der Waals surface area contributed by atoms with Crippen LogP contribution in [-0.2, 0) is 19.1 Å². The van der Waals surface area contributed by atoms with E-state index in [1.54, 1.807) is 24.4 Å². The second kappa shape index (κ2) is 11.4. The van der Waals surface area contributed by atoms with Crippen LogP contribution in [0, 0.1) is 17.3 Å². The van der Waals surface area contributed by atoms with Gasteiger partial charge in [0.05, 0.1) is 60.2 Å². The lowest BCUT2D eigenvalue weighted by atomic mass is 9.58. The zero-order chi connectivity index (χ0) is 27.8. The van der Waals surface area contributed by atoms with Crippen molar-refractivity contribution in [2.24, 2.45) is 17.3 Å². The highest BCUT2D eigenvalue weighted by atomic mass is 19.1. The first-order chi connectivity index (χ1) is 18.6. The zero-order valence-corrected chi connectivity index (χ0v) is 22.9. The molecule has 5 rings (SSSR count). The second-order valence-corrected chi connectivity index (χ2v) is 12.3. The molecule has 0 radical (unpaired) electrons. The van der Waals surface area contributed by atoms with Crippen LogP contribution >= 0.6 is 0 Å². The number of hydrogen-bond acceptors (Lipinski definition) is 7. The van der Waals surface area contributed by atoms with Crippen LogP contribution in [-0.4, -0.2) is 69.6 Å². The zero-order valence-electron chi connectivity index (χ0n) is 22.9. The smallest absolute Gasteiger partial charge is 0.223 e. The third kappa shape index (κ3) is 6.26. The summed E-state index contributed by atoms with van der Waals surface area (Å²) in [6, 6.07) is 4.24. The fourth-order valence-electron chi connectivity index (χ4n) is 6.49. The Labute approximate surface area is 229 Å². The largest absolute Gasteiger partial charge is 0.392 e. The highest BCUT2D eigenvalue weighted by Gasteiger charge is 2.55. The van der Waals surface area contributed by atoms with E-state index in [1.807, 2.05) is 13.8 Å². The lowest BCUT2D eigenvalue weighted by Gasteiger charge is -2.46. The predicted octanol–water partition coefficient (Wildman–Crippen LogP) is 3.50. The Morgan fingerprint density at radius 2 is 2.00 bits per heavy atom. The monoisotopic (exact) mass is 544 g/mol. The van der Waals surface area contributed by atoms with Crippen molar-refractivity contribution in [2.75, 3.05) is 6.61 Å². The number of Topliss-reactive ketones (excluding diaryl/α,β-unsaturated/α-hetero) is 1. The van der Waals surface area contributed by atoms with Gasteiger partial charge in [0.1, 0.15) is 11.6 Å². The molecule has 1 aromatic heterocycles. The molecule has 214 valence electrons. The standard InChI is InChI=1S/C30H41FN2O6/c1-18-7-5-9-29(2)25(39-29)15-23(22(31)13-19-8-3-4-12-32-19)33-26(35)16-24(34)30(10-6-11-30)28(37)21(27(18)36)14-20-17-38-20/h3-4,8,12-13,18,20-21,23-25,27,34,36H,5-7,9-11,14-17H2,1-2H3,(H,33,35)/t18-,20?,21+,23-,24-,25?,27+,29?/m0/s1. The van der Waals surface area contributed by atoms with Gasteiger partial charge >= 0.3 is 0 Å². The minimum Gasteiger partial charge on any atom is -0.392 e. The summed E-state index contributed by atoms with van der Waals surface area (Å²) in [4.78, 5) is 31.3. The molecule has 8 atom stereocenters. The number of halogens is 1. The Kier molecular flexibility index (Phi) is 8.25. The van der Waals surface area contributed by atoms with Crippen LogP contribution in [0.2, 0.25) is 0 Å². The molecule has 39 heavy (non-hydrogen) atoms. The number of epoxide rings is 2. The number of carbonyl (C=O) groups is 2. The number of fused-ring (bicyclic) bond motifs is 1. The van der Waals surface area contributed by atoms with Gasteiger partial charge in [-0.2, -0.15) is 0 Å². The number of amides is 1. The number of aliphatic hydroxyl groups excluding tert-OH is 2. The summed E-state index contributed by atoms with van der Waals surface area (Å²) in [6.45, 7) is 4.52. The number of rotatable bonds is 4. The molecule has 1 spiro atoms. The van der Waals surface area contributed by atoms with E-state index in [0.717, 1.165) is 19.3 Å². The number of ether oxygens (including phenoxy) is 2. The number of aliphatic hydroxyl groups is 2. The fourth-order valence-corrected chi connectivity index (χ4v) is 6.49. The molecule has 8 nitrogen and oxygen atoms in total. The van der Waals surface area contributed by atoms with Gasteiger partial charge < -0.3 is 25.0 Å². The van der Waals surface area contributed by atoms with E-state index < -0.39 is 46.9 Å². The van der Waals surface area contributed by atoms with Gasteiger partial charge in [0.15, 0.2) is 0 Å². The average Bonchev–Trinajstić information content (AvgIpc) is 3.79. The van der Waals surface area contributed by atoms with Gasteiger partial charge in [0.2, 0.25) is 5.91 Å². The number of pyridine rings is 1. The Morgan fingerprint density at radius 1 is 1.23 bits per heavy atom. The maximum absolute atomic E-state index is 15.5. The van der Waals surface area contributed by atoms with Crippen LogP contribution < -0.4 is 5.32 Å². The third-order valence-electron chi connectivity index (χ3n) is 9.46. The summed E-state index contributed by atoms with van der Waals surface area (Å²) in [5.41, 5.74) is -1.08. The van der Waals surface area contributed by atoms with Crippen molar-refractivity contribution >= 4 is 17.8 Å². The molecule has 9 heteroatoms. The van der Waals surface area contributed by atoms with Gasteiger partial charge in [-0.05, 0) is 63.2 Å². The molecule has 4 fully saturated rings. The number of aromatic nitrogens is 1. The minimum atomic E-state index is -1.22. The molecule has 3 unspecified atom stereocenters. The lowest BCUT2D eigenvalue weighted by molar-refractivity contribution is -0.156. The Bertz CT molecular complexity index is 1070. The Hall–Kier alpha value is -2.20. The predicted molar refractivity (Wildman–Crippen MR) is 142 cm³/mol. The molecule has 1 saturated carbocycles. The summed E-state index contributed by atoms with van der Waals surface area (Å²) >= 11 is 0. The van der Waals surface area contributed by atoms with Crippen LogP contribution in [0.4, 0.5) is 4.39 Å². The van der Waals surface area contributed by atoms with Crippen molar-refractivity contribution in [1.29, 1.82) is 0 Å². The maximum atomic E-state index is 15.5. The van der Waals surface area contributed by atoms with Crippen LogP contribution in [0.3, 0.4) is 0 Å². The van der Waals surface area contributed by atoms with Crippen LogP contribution in [0.25, 0.3) is 6.08 Å². The first-order valence-electron chi connectivity index (χ1n) is 14.4. The van der Waals surface area contributed by atoms with Gasteiger partial charge in [-0.1, -0.05) is 25.8 Å². The number of carbonyl (C=O) groups excluding carboxylic acids is 2. The van der Waals surface area contributed by atoms with E-state index in [9.17, 15) is 19.8 Å². The molecule has 3 aliphatic heterocycles. The highest BCUT2D eigenvalue weighted by Crippen LogP contribution is 2.50. The Balaban J connectivity index is 1.40. The van der Waals surface area contributed by atoms with Crippen molar-refractivity contribution in [3.05, 3.63) is 35.9 Å². The molecular formula is C30H41FN2O6. The van der Waals surface area contributed by atoms with Crippen molar-refractivity contribution in [3.8, 4) is 0 Å². The number of ketones is 1. The van der Waals surface area contributed by atoms with Gasteiger partial charge in [-0.15, -0.1) is 0 Å². The summed E-state index contributed by atoms with van der Waals surface area (Å²) in [5, 5.41) is 25.4. The van der Waals surface area contributed by atoms with E-state index in [-0.39, 0.29) is 36.8 Å². The van der Waals surface area contributed by atoms with Crippen molar-refractivity contribution in [3.63, 3.8) is 0 Å². The maximum Gasteiger partial charge on any atom is 0.223 e. The Morgan fingerprint density at radius 3 is 2.64 bits per heavy atom. The average molecular weight is 545 g/mol. The van der Waals surface area contributed by atoms with Gasteiger partial charge in [0.25, 0.3) is 0 Å². The highest BCUT2D eigenvalue weighted by molar-refractivity contribution is 5.90. The molecule has 3 saturated heterocycles. The van der Waals surface area contributed by atoms with Gasteiger partial charge in [-0.3, -0.25) is 14.6 Å². The van der Waals surface area contributed by atoms with Gasteiger partial charge in [-0.25, -0.2) is 4.39 Å². The van der Waals surface area contributed by atoms with E-state index in [2.05, 4.69) is 10.3 Å². The lowest BCUT2D eigenvalue weighted by Crippen LogP contribution is -2.54. The van der Waals surface area contributed by atoms with E-state index in [1.165, 1.54) is 6.08 Å². The minimum absolute atomic E-state index is 0.0573. The first kappa shape index (κ1) is 28.3. The summed E-state index contributed by atoms with van der Waals surface area (Å²) < 4.78 is 26.9. The molecule has 1 amide bonds. The van der Waals surface area contributed by atoms with Crippen molar-refractivity contribution in [2.45, 2.75) is 108 Å². The number of nitrogens with zero attached hydrogens (tertiary/aromatic N) is 1. The molecule has 1 aromatic rings. The van der Waals surface area contributed by atoms with Crippen molar-refractivity contribution in [1.82, 2.24) is 10.3 Å². The molecule has 1 aliphatic carbocycles. The fraction of sp³-hybridized carbons (Fsp3) is 0.700. The van der Waals surface area contributed by atoms with E-state index in [0.29, 0.717) is 38.0 Å². The molecule has 4 aliphatic rings. The topological polar surface area (TPSA) is 125 Å². The van der Waals surface area contributed by atoms with Crippen molar-refractivity contribution < 1.29 is 33.7 Å². The van der Waals surface area contributed by atoms with E-state index in [4.69, 9.17) is 9.47 Å². The van der Waals surface area contributed by atoms with Crippen LogP contribution in [0.15, 0.2) is 30.2 Å². The quantitative estimate of drug-likeness (QED) is 0.496. The van der Waals surface area contributed by atoms with Crippen LogP contribution in [0.1, 0.15) is 77.3 Å². The second-order valence-electron chi connectivity index (χ2n) is 12.3. The summed E-state index contributed by atoms with van der Waals surface area (Å²) in [7, 11) is 0. The number of nitrogens with one attached hydrogen (secondary N) is 1. The molecule has 0 bridgehead atoms. The molecule has 3 N–H and O–H groups in total. The number of hydrogen-bond donors (Lipinski definition) is 3.